The Kier molecular flexibility index (Phi) is 4.24. The summed E-state index contributed by atoms with van der Waals surface area (Å²) in [6.45, 7) is 9.23. The summed E-state index contributed by atoms with van der Waals surface area (Å²) in [5.41, 5.74) is 3.84. The number of alkyl halides is 1. The number of fused-ring (bicyclic) bond motifs is 1. The van der Waals surface area contributed by atoms with Crippen molar-refractivity contribution in [1.29, 1.82) is 0 Å². The number of nitrogens with zero attached hydrogens (tertiary/aromatic N) is 5. The lowest BCUT2D eigenvalue weighted by molar-refractivity contribution is 0.234. The second-order valence-corrected chi connectivity index (χ2v) is 6.66. The van der Waals surface area contributed by atoms with Gasteiger partial charge in [0.15, 0.2) is 0 Å². The van der Waals surface area contributed by atoms with Gasteiger partial charge in [0, 0.05) is 18.8 Å². The molecule has 3 aromatic rings. The smallest absolute Gasteiger partial charge is 0.222 e. The van der Waals surface area contributed by atoms with Gasteiger partial charge in [-0.25, -0.2) is 19.0 Å². The number of halogens is 1. The van der Waals surface area contributed by atoms with Crippen molar-refractivity contribution >= 4 is 22.6 Å². The summed E-state index contributed by atoms with van der Waals surface area (Å²) in [7, 11) is 1.85. The summed E-state index contributed by atoms with van der Waals surface area (Å²) >= 11 is 0. The van der Waals surface area contributed by atoms with Gasteiger partial charge in [-0.05, 0) is 44.0 Å². The van der Waals surface area contributed by atoms with E-state index < -0.39 is 5.67 Å². The van der Waals surface area contributed by atoms with Crippen LogP contribution >= 0.6 is 0 Å². The predicted octanol–water partition coefficient (Wildman–Crippen LogP) is 3.29. The summed E-state index contributed by atoms with van der Waals surface area (Å²) in [4.78, 5) is 8.69. The van der Waals surface area contributed by atoms with Crippen LogP contribution in [-0.2, 0) is 7.05 Å². The zero-order valence-electron chi connectivity index (χ0n) is 14.8. The molecule has 2 aromatic heterocycles. The quantitative estimate of drug-likeness (QED) is 0.772. The van der Waals surface area contributed by atoms with Gasteiger partial charge in [-0.15, -0.1) is 5.10 Å². The van der Waals surface area contributed by atoms with E-state index in [1.165, 1.54) is 13.8 Å². The monoisotopic (exact) mass is 340 g/mol. The fourth-order valence-corrected chi connectivity index (χ4v) is 2.51. The second-order valence-electron chi connectivity index (χ2n) is 6.66. The van der Waals surface area contributed by atoms with Crippen molar-refractivity contribution < 1.29 is 4.39 Å². The first-order valence-corrected chi connectivity index (χ1v) is 8.00. The first-order valence-electron chi connectivity index (χ1n) is 8.00. The van der Waals surface area contributed by atoms with E-state index >= 15 is 0 Å². The van der Waals surface area contributed by atoms with Crippen molar-refractivity contribution in [2.75, 3.05) is 11.9 Å². The molecule has 130 valence electrons. The van der Waals surface area contributed by atoms with Crippen molar-refractivity contribution in [1.82, 2.24) is 25.0 Å². The molecule has 7 heteroatoms. The number of anilines is 1. The zero-order valence-corrected chi connectivity index (χ0v) is 14.8. The van der Waals surface area contributed by atoms with Crippen LogP contribution < -0.4 is 5.32 Å². The molecular formula is C18H21FN6. The highest BCUT2D eigenvalue weighted by molar-refractivity contribution is 5.85. The molecule has 2 heterocycles. The molecule has 0 aliphatic rings. The van der Waals surface area contributed by atoms with Crippen molar-refractivity contribution in [3.8, 4) is 0 Å². The minimum atomic E-state index is -1.33. The lowest BCUT2D eigenvalue weighted by Crippen LogP contribution is -2.25. The summed E-state index contributed by atoms with van der Waals surface area (Å²) in [5, 5.41) is 11.0. The molecule has 0 unspecified atom stereocenters. The lowest BCUT2D eigenvalue weighted by atomic mass is 9.99. The van der Waals surface area contributed by atoms with Crippen LogP contribution in [-0.4, -0.2) is 37.2 Å². The van der Waals surface area contributed by atoms with E-state index in [9.17, 15) is 4.39 Å². The second kappa shape index (κ2) is 6.23. The van der Waals surface area contributed by atoms with E-state index in [4.69, 9.17) is 0 Å². The van der Waals surface area contributed by atoms with Crippen LogP contribution in [0, 0.1) is 6.92 Å². The van der Waals surface area contributed by atoms with Gasteiger partial charge in [0.25, 0.3) is 0 Å². The standard InChI is InChI=1S/C18H21FN6/c1-11(13-6-7-15-16(8-13)25(5)24-23-15)14-9-20-17(22-12(14)2)21-10-18(3,4)19/h6-9H,1,10H2,2-5H3,(H,20,21,22). The summed E-state index contributed by atoms with van der Waals surface area (Å²) in [6.07, 6.45) is 1.71. The van der Waals surface area contributed by atoms with Gasteiger partial charge in [-0.3, -0.25) is 0 Å². The molecule has 0 saturated carbocycles. The largest absolute Gasteiger partial charge is 0.351 e. The molecule has 1 N–H and O–H groups in total. The van der Waals surface area contributed by atoms with Crippen molar-refractivity contribution in [3.63, 3.8) is 0 Å². The number of nitrogens with one attached hydrogen (secondary N) is 1. The molecular weight excluding hydrogens is 319 g/mol. The van der Waals surface area contributed by atoms with Crippen molar-refractivity contribution in [2.45, 2.75) is 26.4 Å². The minimum Gasteiger partial charge on any atom is -0.351 e. The van der Waals surface area contributed by atoms with Crippen LogP contribution in [0.1, 0.15) is 30.7 Å². The number of hydrogen-bond donors (Lipinski definition) is 1. The van der Waals surface area contributed by atoms with Crippen LogP contribution in [0.3, 0.4) is 0 Å². The van der Waals surface area contributed by atoms with Gasteiger partial charge in [-0.2, -0.15) is 0 Å². The number of rotatable bonds is 5. The van der Waals surface area contributed by atoms with Gasteiger partial charge in [0.2, 0.25) is 5.95 Å². The Bertz CT molecular complexity index is 938. The third kappa shape index (κ3) is 3.65. The normalized spacial score (nSPS) is 11.7. The molecule has 25 heavy (non-hydrogen) atoms. The molecule has 0 bridgehead atoms. The summed E-state index contributed by atoms with van der Waals surface area (Å²) in [6, 6.07) is 5.86. The fourth-order valence-electron chi connectivity index (χ4n) is 2.51. The van der Waals surface area contributed by atoms with E-state index in [2.05, 4.69) is 32.2 Å². The van der Waals surface area contributed by atoms with E-state index in [0.29, 0.717) is 5.95 Å². The van der Waals surface area contributed by atoms with E-state index in [1.807, 2.05) is 32.2 Å². The minimum absolute atomic E-state index is 0.150. The zero-order chi connectivity index (χ0) is 18.2. The van der Waals surface area contributed by atoms with Gasteiger partial charge in [-0.1, -0.05) is 17.9 Å². The highest BCUT2D eigenvalue weighted by atomic mass is 19.1. The lowest BCUT2D eigenvalue weighted by Gasteiger charge is -2.16. The van der Waals surface area contributed by atoms with E-state index in [-0.39, 0.29) is 6.54 Å². The van der Waals surface area contributed by atoms with Gasteiger partial charge < -0.3 is 5.32 Å². The van der Waals surface area contributed by atoms with Gasteiger partial charge >= 0.3 is 0 Å². The predicted molar refractivity (Wildman–Crippen MR) is 97.1 cm³/mol. The van der Waals surface area contributed by atoms with E-state index in [1.54, 1.807) is 10.9 Å². The molecule has 6 nitrogen and oxygen atoms in total. The van der Waals surface area contributed by atoms with E-state index in [0.717, 1.165) is 33.4 Å². The van der Waals surface area contributed by atoms with Crippen molar-refractivity contribution in [3.05, 3.63) is 47.8 Å². The third-order valence-corrected chi connectivity index (χ3v) is 3.93. The molecule has 0 radical (unpaired) electrons. The molecule has 0 aliphatic heterocycles. The fraction of sp³-hybridized carbons (Fsp3) is 0.333. The Labute approximate surface area is 145 Å². The van der Waals surface area contributed by atoms with Crippen LogP contribution in [0.15, 0.2) is 31.0 Å². The Morgan fingerprint density at radius 1 is 1.36 bits per heavy atom. The Hall–Kier alpha value is -2.83. The number of aromatic nitrogens is 5. The Morgan fingerprint density at radius 3 is 2.80 bits per heavy atom. The molecule has 3 rings (SSSR count). The first-order chi connectivity index (χ1) is 11.7. The maximum absolute atomic E-state index is 13.6. The summed E-state index contributed by atoms with van der Waals surface area (Å²) < 4.78 is 15.3. The van der Waals surface area contributed by atoms with Gasteiger partial charge in [0.05, 0.1) is 17.8 Å². The van der Waals surface area contributed by atoms with Crippen LogP contribution in [0.25, 0.3) is 16.6 Å². The number of benzene rings is 1. The van der Waals surface area contributed by atoms with Crippen molar-refractivity contribution in [2.24, 2.45) is 7.05 Å². The Balaban J connectivity index is 1.87. The third-order valence-electron chi connectivity index (χ3n) is 3.93. The highest BCUT2D eigenvalue weighted by Gasteiger charge is 2.16. The maximum atomic E-state index is 13.6. The SMILES string of the molecule is C=C(c1ccc2nnn(C)c2c1)c1cnc(NCC(C)(C)F)nc1C. The topological polar surface area (TPSA) is 68.5 Å². The van der Waals surface area contributed by atoms with Crippen LogP contribution in [0.5, 0.6) is 0 Å². The maximum Gasteiger partial charge on any atom is 0.222 e. The summed E-state index contributed by atoms with van der Waals surface area (Å²) in [5.74, 6) is 0.408. The number of hydrogen-bond acceptors (Lipinski definition) is 5. The van der Waals surface area contributed by atoms with Gasteiger partial charge in [0.1, 0.15) is 11.2 Å². The van der Waals surface area contributed by atoms with Crippen LogP contribution in [0.2, 0.25) is 0 Å². The molecule has 0 saturated heterocycles. The Morgan fingerprint density at radius 2 is 2.12 bits per heavy atom. The molecule has 0 spiro atoms. The molecule has 0 amide bonds. The van der Waals surface area contributed by atoms with Crippen LogP contribution in [0.4, 0.5) is 10.3 Å². The average Bonchev–Trinajstić information content (AvgIpc) is 2.92. The highest BCUT2D eigenvalue weighted by Crippen LogP contribution is 2.26. The first kappa shape index (κ1) is 17.0. The molecule has 1 aromatic carbocycles. The molecule has 0 fully saturated rings. The average molecular weight is 340 g/mol. The number of aryl methyl sites for hydroxylation is 2. The molecule has 0 atom stereocenters. The molecule has 0 aliphatic carbocycles.